The van der Waals surface area contributed by atoms with Crippen LogP contribution in [0.4, 0.5) is 11.4 Å². The van der Waals surface area contributed by atoms with Crippen molar-refractivity contribution in [2.75, 3.05) is 5.73 Å². The van der Waals surface area contributed by atoms with Gasteiger partial charge in [0.1, 0.15) is 5.75 Å². The second-order valence-electron chi connectivity index (χ2n) is 2.00. The van der Waals surface area contributed by atoms with Crippen molar-refractivity contribution in [1.29, 1.82) is 0 Å². The fourth-order valence-corrected chi connectivity index (χ4v) is 0.655. The number of nitrogens with zero attached hydrogens (tertiary/aromatic N) is 1. The van der Waals surface area contributed by atoms with Crippen molar-refractivity contribution in [3.63, 3.8) is 0 Å². The van der Waals surface area contributed by atoms with Crippen molar-refractivity contribution in [1.82, 2.24) is 0 Å². The molecule has 0 aliphatic heterocycles. The summed E-state index contributed by atoms with van der Waals surface area (Å²) in [4.78, 5) is 9.56. The average molecular weight is 180 g/mol. The van der Waals surface area contributed by atoms with Crippen LogP contribution >= 0.6 is 0 Å². The second kappa shape index (κ2) is 4.12. The molecule has 1 aromatic rings. The number of nitro benzene ring substituents is 1. The fraction of sp³-hybridized carbons (Fsp3) is 0. The molecule has 0 saturated carbocycles. The lowest BCUT2D eigenvalue weighted by Gasteiger charge is -1.96. The van der Waals surface area contributed by atoms with E-state index in [9.17, 15) is 10.1 Å². The van der Waals surface area contributed by atoms with Gasteiger partial charge in [0.15, 0.2) is 0 Å². The molecule has 0 heterocycles. The molecule has 0 bridgehead atoms. The van der Waals surface area contributed by atoms with E-state index in [1.165, 1.54) is 12.1 Å². The number of hydrogen-bond acceptors (Lipinski definition) is 4. The van der Waals surface area contributed by atoms with Gasteiger partial charge in [0.05, 0.1) is 10.6 Å². The minimum atomic E-state index is -0.574. The van der Waals surface area contributed by atoms with Crippen LogP contribution in [0.15, 0.2) is 18.2 Å². The van der Waals surface area contributed by atoms with E-state index >= 15 is 0 Å². The van der Waals surface area contributed by atoms with E-state index in [1.54, 1.807) is 0 Å². The van der Waals surface area contributed by atoms with Gasteiger partial charge in [-0.2, -0.15) is 0 Å². The molecule has 0 aliphatic rings. The zero-order valence-corrected chi connectivity index (χ0v) is 5.52. The van der Waals surface area contributed by atoms with Crippen molar-refractivity contribution in [2.45, 2.75) is 0 Å². The largest absolute Gasteiger partial charge is 0.506 e. The first kappa shape index (κ1) is 11.0. The Morgan fingerprint density at radius 1 is 1.50 bits per heavy atom. The number of rotatable bonds is 1. The Labute approximate surface area is 84.5 Å². The molecule has 62 valence electrons. The Kier molecular flexibility index (Phi) is 3.77. The highest BCUT2D eigenvalue weighted by atomic mass is 24.3. The highest BCUT2D eigenvalue weighted by Gasteiger charge is 2.06. The Bertz CT molecular complexity index is 303. The highest BCUT2D eigenvalue weighted by molar-refractivity contribution is 5.75. The number of phenols is 1. The molecule has 0 aromatic heterocycles. The maximum atomic E-state index is 10.1. The minimum absolute atomic E-state index is 0. The van der Waals surface area contributed by atoms with Gasteiger partial charge in [-0.15, -0.1) is 0 Å². The van der Waals surface area contributed by atoms with E-state index in [2.05, 4.69) is 0 Å². The first-order valence-electron chi connectivity index (χ1n) is 2.84. The van der Waals surface area contributed by atoms with Gasteiger partial charge in [-0.25, -0.2) is 0 Å². The summed E-state index contributed by atoms with van der Waals surface area (Å²) in [6.07, 6.45) is 0. The summed E-state index contributed by atoms with van der Waals surface area (Å²) < 4.78 is 0. The van der Waals surface area contributed by atoms with Crippen LogP contribution in [0, 0.1) is 10.1 Å². The molecular formula is C6H8MgN2O3. The summed E-state index contributed by atoms with van der Waals surface area (Å²) >= 11 is 0. The molecule has 0 radical (unpaired) electrons. The molecule has 0 unspecified atom stereocenters. The quantitative estimate of drug-likeness (QED) is 0.209. The van der Waals surface area contributed by atoms with Crippen LogP contribution in [0.5, 0.6) is 5.75 Å². The number of nitrogens with two attached hydrogens (primary N) is 1. The zero-order valence-electron chi connectivity index (χ0n) is 5.52. The molecule has 0 saturated heterocycles. The number of anilines is 1. The number of non-ortho nitro benzene ring substituents is 1. The third kappa shape index (κ3) is 2.24. The number of nitrogen functional groups attached to an aromatic ring is 1. The van der Waals surface area contributed by atoms with Crippen molar-refractivity contribution in [3.8, 4) is 5.75 Å². The van der Waals surface area contributed by atoms with E-state index in [0.29, 0.717) is 0 Å². The first-order valence-corrected chi connectivity index (χ1v) is 2.84. The number of aromatic hydroxyl groups is 1. The third-order valence-electron chi connectivity index (χ3n) is 1.22. The molecule has 1 aromatic carbocycles. The summed E-state index contributed by atoms with van der Waals surface area (Å²) in [5.41, 5.74) is 5.09. The van der Waals surface area contributed by atoms with Gasteiger partial charge in [-0.1, -0.05) is 0 Å². The van der Waals surface area contributed by atoms with E-state index in [0.717, 1.165) is 6.07 Å². The number of hydrogen-bond donors (Lipinski definition) is 2. The number of nitro groups is 1. The monoisotopic (exact) mass is 180 g/mol. The molecule has 0 atom stereocenters. The minimum Gasteiger partial charge on any atom is -0.506 e. The first-order chi connectivity index (χ1) is 5.11. The lowest BCUT2D eigenvalue weighted by atomic mass is 10.2. The van der Waals surface area contributed by atoms with Gasteiger partial charge in [0.2, 0.25) is 0 Å². The van der Waals surface area contributed by atoms with Crippen LogP contribution in [0.2, 0.25) is 0 Å². The smallest absolute Gasteiger partial charge is 0.316 e. The van der Waals surface area contributed by atoms with E-state index in [1.807, 2.05) is 0 Å². The summed E-state index contributed by atoms with van der Waals surface area (Å²) in [7, 11) is 0. The lowest BCUT2D eigenvalue weighted by molar-refractivity contribution is -0.384. The molecular weight excluding hydrogens is 172 g/mol. The van der Waals surface area contributed by atoms with Gasteiger partial charge < -0.3 is 10.8 Å². The predicted molar refractivity (Wildman–Crippen MR) is 47.7 cm³/mol. The van der Waals surface area contributed by atoms with Crippen molar-refractivity contribution in [3.05, 3.63) is 28.3 Å². The Morgan fingerprint density at radius 2 is 2.08 bits per heavy atom. The van der Waals surface area contributed by atoms with E-state index in [4.69, 9.17) is 10.8 Å². The third-order valence-corrected chi connectivity index (χ3v) is 1.22. The molecule has 0 amide bonds. The van der Waals surface area contributed by atoms with Gasteiger partial charge in [-0.05, 0) is 6.07 Å². The topological polar surface area (TPSA) is 89.4 Å². The summed E-state index contributed by atoms with van der Waals surface area (Å²) in [5.74, 6) is -0.143. The Balaban J connectivity index is 0.00000121. The van der Waals surface area contributed by atoms with Gasteiger partial charge in [0, 0.05) is 12.1 Å². The van der Waals surface area contributed by atoms with Gasteiger partial charge >= 0.3 is 23.1 Å². The van der Waals surface area contributed by atoms with Crippen LogP contribution in [-0.4, -0.2) is 33.1 Å². The molecule has 1 rings (SSSR count). The molecule has 6 heteroatoms. The van der Waals surface area contributed by atoms with Gasteiger partial charge in [-0.3, -0.25) is 10.1 Å². The Morgan fingerprint density at radius 3 is 2.50 bits per heavy atom. The van der Waals surface area contributed by atoms with Crippen LogP contribution in [0.25, 0.3) is 0 Å². The van der Waals surface area contributed by atoms with E-state index in [-0.39, 0.29) is 40.2 Å². The van der Waals surface area contributed by atoms with E-state index < -0.39 is 4.92 Å². The predicted octanol–water partition coefficient (Wildman–Crippen LogP) is -0.0336. The van der Waals surface area contributed by atoms with Crippen molar-refractivity contribution < 1.29 is 10.0 Å². The normalized spacial score (nSPS) is 8.67. The maximum Gasteiger partial charge on any atom is 0.316 e. The summed E-state index contributed by atoms with van der Waals surface area (Å²) in [5, 5.41) is 19.0. The van der Waals surface area contributed by atoms with Crippen molar-refractivity contribution >= 4 is 34.4 Å². The van der Waals surface area contributed by atoms with Crippen LogP contribution in [0.3, 0.4) is 0 Å². The molecule has 0 spiro atoms. The molecule has 0 fully saturated rings. The molecule has 0 aliphatic carbocycles. The lowest BCUT2D eigenvalue weighted by Crippen LogP contribution is -1.90. The van der Waals surface area contributed by atoms with Crippen LogP contribution < -0.4 is 5.73 Å². The average Bonchev–Trinajstić information content (AvgIpc) is 1.94. The second-order valence-corrected chi connectivity index (χ2v) is 2.00. The molecule has 3 N–H and O–H groups in total. The van der Waals surface area contributed by atoms with Crippen molar-refractivity contribution in [2.24, 2.45) is 0 Å². The molecule has 12 heavy (non-hydrogen) atoms. The zero-order chi connectivity index (χ0) is 8.43. The number of benzene rings is 1. The SMILES string of the molecule is Nc1cc([N+](=O)[O-])ccc1O.[MgH2]. The highest BCUT2D eigenvalue weighted by Crippen LogP contribution is 2.24. The maximum absolute atomic E-state index is 10.1. The summed E-state index contributed by atoms with van der Waals surface area (Å²) in [6, 6.07) is 3.48. The summed E-state index contributed by atoms with van der Waals surface area (Å²) in [6.45, 7) is 0. The number of phenolic OH excluding ortho intramolecular Hbond substituents is 1. The van der Waals surface area contributed by atoms with Crippen LogP contribution in [0.1, 0.15) is 0 Å². The fourth-order valence-electron chi connectivity index (χ4n) is 0.655. The Hall–Kier alpha value is -1.01. The molecule has 5 nitrogen and oxygen atoms in total. The standard InChI is InChI=1S/C6H6N2O3.Mg.2H/c7-5-3-4(8(10)11)1-2-6(5)9;;;/h1-3,9H,7H2;;;. The van der Waals surface area contributed by atoms with Crippen LogP contribution in [-0.2, 0) is 0 Å². The van der Waals surface area contributed by atoms with Gasteiger partial charge in [0.25, 0.3) is 5.69 Å².